The molecule has 3 rings (SSSR count). The Labute approximate surface area is 217 Å². The van der Waals surface area contributed by atoms with E-state index in [2.05, 4.69) is 31.1 Å². The second-order valence-electron chi connectivity index (χ2n) is 10.7. The molecule has 7 nitrogen and oxygen atoms in total. The van der Waals surface area contributed by atoms with Crippen molar-refractivity contribution in [2.45, 2.75) is 67.3 Å². The molecule has 3 aromatic rings. The van der Waals surface area contributed by atoms with Gasteiger partial charge in [-0.1, -0.05) is 44.0 Å². The first-order valence-corrected chi connectivity index (χ1v) is 12.5. The second kappa shape index (κ2) is 10.5. The predicted molar refractivity (Wildman–Crippen MR) is 143 cm³/mol. The molecule has 0 saturated heterocycles. The number of hydrogen-bond acceptors (Lipinski definition) is 7. The van der Waals surface area contributed by atoms with Gasteiger partial charge in [-0.25, -0.2) is 14.6 Å². The number of esters is 2. The van der Waals surface area contributed by atoms with Crippen LogP contribution in [0.5, 0.6) is 0 Å². The van der Waals surface area contributed by atoms with E-state index in [1.807, 2.05) is 39.0 Å². The number of carbonyl (C=O) groups is 2. The smallest absolute Gasteiger partial charge is 0.344 e. The number of nitrogens with zero attached hydrogens (tertiary/aromatic N) is 1. The predicted octanol–water partition coefficient (Wildman–Crippen LogP) is 7.44. The number of benzene rings is 1. The summed E-state index contributed by atoms with van der Waals surface area (Å²) in [6, 6.07) is 7.59. The lowest BCUT2D eigenvalue weighted by molar-refractivity contribution is 0.0481. The van der Waals surface area contributed by atoms with E-state index in [1.54, 1.807) is 19.9 Å². The number of anilines is 1. The standard InChI is InChI=1S/C28H35ClN2O5/c1-9-34-25(32)20-21(26(33)35-10-2)24(31-28(7,8)15-27(4,5)6)36-22(20)18-14-17-13-16(3)11-12-19(17)30-23(18)29/h11-14,31H,9-10,15H2,1-8H3. The Kier molecular flexibility index (Phi) is 8.04. The normalized spacial score (nSPS) is 12.0. The van der Waals surface area contributed by atoms with Crippen LogP contribution in [-0.4, -0.2) is 35.7 Å². The highest BCUT2D eigenvalue weighted by molar-refractivity contribution is 6.33. The number of carbonyl (C=O) groups excluding carboxylic acids is 2. The molecular formula is C28H35ClN2O5. The molecule has 0 saturated carbocycles. The quantitative estimate of drug-likeness (QED) is 0.247. The minimum absolute atomic E-state index is 0.0105. The van der Waals surface area contributed by atoms with Crippen LogP contribution in [0, 0.1) is 12.3 Å². The van der Waals surface area contributed by atoms with Crippen molar-refractivity contribution in [3.63, 3.8) is 0 Å². The van der Waals surface area contributed by atoms with Gasteiger partial charge in [0.2, 0.25) is 5.88 Å². The number of nitrogens with one attached hydrogen (secondary N) is 1. The van der Waals surface area contributed by atoms with Crippen molar-refractivity contribution < 1.29 is 23.5 Å². The zero-order chi connectivity index (χ0) is 26.8. The third kappa shape index (κ3) is 6.19. The average molecular weight is 515 g/mol. The maximum absolute atomic E-state index is 13.2. The van der Waals surface area contributed by atoms with Crippen LogP contribution in [0.2, 0.25) is 5.15 Å². The maximum Gasteiger partial charge on any atom is 0.344 e. The number of hydrogen-bond donors (Lipinski definition) is 1. The summed E-state index contributed by atoms with van der Waals surface area (Å²) in [4.78, 5) is 30.9. The van der Waals surface area contributed by atoms with Crippen LogP contribution in [0.4, 0.5) is 5.88 Å². The van der Waals surface area contributed by atoms with Crippen LogP contribution in [0.1, 0.15) is 81.2 Å². The van der Waals surface area contributed by atoms with E-state index in [1.165, 1.54) is 0 Å². The molecule has 0 bridgehead atoms. The molecule has 0 amide bonds. The molecule has 0 unspecified atom stereocenters. The fourth-order valence-corrected chi connectivity index (χ4v) is 4.85. The van der Waals surface area contributed by atoms with Gasteiger partial charge in [-0.15, -0.1) is 0 Å². The SMILES string of the molecule is CCOC(=O)c1c(NC(C)(C)CC(C)(C)C)oc(-c2cc3cc(C)ccc3nc2Cl)c1C(=O)OCC. The highest BCUT2D eigenvalue weighted by Crippen LogP contribution is 2.41. The molecule has 0 atom stereocenters. The number of aryl methyl sites for hydroxylation is 1. The van der Waals surface area contributed by atoms with Crippen molar-refractivity contribution in [3.05, 3.63) is 46.1 Å². The van der Waals surface area contributed by atoms with Crippen LogP contribution in [0.25, 0.3) is 22.2 Å². The number of furan rings is 1. The second-order valence-corrected chi connectivity index (χ2v) is 11.1. The number of rotatable bonds is 8. The third-order valence-corrected chi connectivity index (χ3v) is 5.75. The van der Waals surface area contributed by atoms with Gasteiger partial charge in [0.15, 0.2) is 5.76 Å². The topological polar surface area (TPSA) is 90.7 Å². The molecule has 194 valence electrons. The van der Waals surface area contributed by atoms with E-state index in [4.69, 9.17) is 25.5 Å². The molecule has 0 radical (unpaired) electrons. The summed E-state index contributed by atoms with van der Waals surface area (Å²) < 4.78 is 16.9. The molecule has 1 N–H and O–H groups in total. The summed E-state index contributed by atoms with van der Waals surface area (Å²) in [6.45, 7) is 16.0. The molecule has 1 aromatic carbocycles. The number of halogens is 1. The van der Waals surface area contributed by atoms with Crippen LogP contribution in [-0.2, 0) is 9.47 Å². The van der Waals surface area contributed by atoms with E-state index in [9.17, 15) is 9.59 Å². The molecule has 0 spiro atoms. The molecular weight excluding hydrogens is 480 g/mol. The van der Waals surface area contributed by atoms with Crippen molar-refractivity contribution in [1.82, 2.24) is 4.98 Å². The Hall–Kier alpha value is -3.06. The highest BCUT2D eigenvalue weighted by Gasteiger charge is 2.36. The van der Waals surface area contributed by atoms with E-state index in [-0.39, 0.29) is 46.6 Å². The fraction of sp³-hybridized carbons (Fsp3) is 0.464. The van der Waals surface area contributed by atoms with Crippen molar-refractivity contribution in [2.24, 2.45) is 5.41 Å². The molecule has 0 aliphatic rings. The maximum atomic E-state index is 13.2. The number of ether oxygens (including phenoxy) is 2. The third-order valence-electron chi connectivity index (χ3n) is 5.46. The summed E-state index contributed by atoms with van der Waals surface area (Å²) >= 11 is 6.59. The zero-order valence-electron chi connectivity index (χ0n) is 22.3. The molecule has 0 aliphatic heterocycles. The highest BCUT2D eigenvalue weighted by atomic mass is 35.5. The Bertz CT molecular complexity index is 1290. The molecule has 0 fully saturated rings. The van der Waals surface area contributed by atoms with Crippen LogP contribution in [0.3, 0.4) is 0 Å². The lowest BCUT2D eigenvalue weighted by Crippen LogP contribution is -2.35. The number of pyridine rings is 1. The Balaban J connectivity index is 2.31. The monoisotopic (exact) mass is 514 g/mol. The Morgan fingerprint density at radius 3 is 2.19 bits per heavy atom. The van der Waals surface area contributed by atoms with Gasteiger partial charge in [-0.2, -0.15) is 0 Å². The molecule has 36 heavy (non-hydrogen) atoms. The summed E-state index contributed by atoms with van der Waals surface area (Å²) in [7, 11) is 0. The average Bonchev–Trinajstić information content (AvgIpc) is 3.10. The summed E-state index contributed by atoms with van der Waals surface area (Å²) in [5.41, 5.74) is 1.57. The van der Waals surface area contributed by atoms with Gasteiger partial charge in [0, 0.05) is 10.9 Å². The van der Waals surface area contributed by atoms with Crippen LogP contribution in [0.15, 0.2) is 28.7 Å². The molecule has 0 aliphatic carbocycles. The molecule has 8 heteroatoms. The largest absolute Gasteiger partial charge is 0.462 e. The van der Waals surface area contributed by atoms with Gasteiger partial charge in [-0.05, 0) is 64.7 Å². The molecule has 2 aromatic heterocycles. The minimum Gasteiger partial charge on any atom is -0.462 e. The molecule has 2 heterocycles. The van der Waals surface area contributed by atoms with Crippen molar-refractivity contribution in [2.75, 3.05) is 18.5 Å². The van der Waals surface area contributed by atoms with Gasteiger partial charge in [-0.3, -0.25) is 0 Å². The first kappa shape index (κ1) is 27.5. The van der Waals surface area contributed by atoms with E-state index in [0.717, 1.165) is 17.4 Å². The fourth-order valence-electron chi connectivity index (χ4n) is 4.61. The lowest BCUT2D eigenvalue weighted by Gasteiger charge is -2.33. The van der Waals surface area contributed by atoms with Crippen LogP contribution < -0.4 is 5.32 Å². The summed E-state index contributed by atoms with van der Waals surface area (Å²) in [5, 5.41) is 4.30. The van der Waals surface area contributed by atoms with Gasteiger partial charge in [0.25, 0.3) is 0 Å². The Morgan fingerprint density at radius 1 is 1.00 bits per heavy atom. The van der Waals surface area contributed by atoms with Crippen molar-refractivity contribution in [3.8, 4) is 11.3 Å². The van der Waals surface area contributed by atoms with E-state index >= 15 is 0 Å². The first-order valence-electron chi connectivity index (χ1n) is 12.1. The van der Waals surface area contributed by atoms with Gasteiger partial charge in [0.1, 0.15) is 16.3 Å². The minimum atomic E-state index is -0.707. The van der Waals surface area contributed by atoms with E-state index in [0.29, 0.717) is 11.1 Å². The van der Waals surface area contributed by atoms with E-state index < -0.39 is 17.5 Å². The summed E-state index contributed by atoms with van der Waals surface area (Å²) in [6.07, 6.45) is 0.755. The van der Waals surface area contributed by atoms with Crippen molar-refractivity contribution >= 4 is 40.3 Å². The van der Waals surface area contributed by atoms with Gasteiger partial charge < -0.3 is 19.2 Å². The lowest BCUT2D eigenvalue weighted by atomic mass is 9.82. The van der Waals surface area contributed by atoms with Crippen molar-refractivity contribution in [1.29, 1.82) is 0 Å². The van der Waals surface area contributed by atoms with Gasteiger partial charge in [0.05, 0.1) is 24.3 Å². The Morgan fingerprint density at radius 2 is 1.61 bits per heavy atom. The first-order chi connectivity index (χ1) is 16.8. The number of aromatic nitrogens is 1. The summed E-state index contributed by atoms with van der Waals surface area (Å²) in [5.74, 6) is -1.17. The zero-order valence-corrected chi connectivity index (χ0v) is 23.1. The van der Waals surface area contributed by atoms with Crippen LogP contribution >= 0.6 is 11.6 Å². The number of fused-ring (bicyclic) bond motifs is 1. The van der Waals surface area contributed by atoms with Gasteiger partial charge >= 0.3 is 11.9 Å².